The van der Waals surface area contributed by atoms with E-state index in [1.807, 2.05) is 18.2 Å². The first-order chi connectivity index (χ1) is 18.1. The predicted octanol–water partition coefficient (Wildman–Crippen LogP) is 4.65. The Morgan fingerprint density at radius 3 is 2.35 bits per heavy atom. The van der Waals surface area contributed by atoms with Gasteiger partial charge < -0.3 is 30.1 Å². The molecule has 0 spiro atoms. The number of hydrogen-bond donors (Lipinski definition) is 2. The van der Waals surface area contributed by atoms with Gasteiger partial charge in [-0.3, -0.25) is 0 Å². The number of nitrogens with two attached hydrogens (primary N) is 1. The summed E-state index contributed by atoms with van der Waals surface area (Å²) in [6.45, 7) is 3.82. The number of phenolic OH excluding ortho intramolecular Hbond substituents is 1. The standard InChI is InChI=1S/C29H37N5O3/c1-36-29(37-2)21-13-16-33(17-14-21)23-11-9-20(10-12-23)22-6-5-15-34(19-22)26-18-25(31-32-28(26)30)24-7-3-4-8-27(24)35/h3-4,7-12,18,21-22,29,35H,5-6,13-17,19H2,1-2H3,(H2,30,32)/t22-/m0/s1. The van der Waals surface area contributed by atoms with Crippen molar-refractivity contribution in [1.29, 1.82) is 0 Å². The number of rotatable bonds is 7. The number of methoxy groups -OCH3 is 2. The van der Waals surface area contributed by atoms with Crippen molar-refractivity contribution in [2.24, 2.45) is 5.92 Å². The molecule has 0 radical (unpaired) electrons. The Balaban J connectivity index is 1.26. The Kier molecular flexibility index (Phi) is 7.76. The smallest absolute Gasteiger partial charge is 0.169 e. The number of nitrogen functional groups attached to an aromatic ring is 1. The molecule has 8 heteroatoms. The summed E-state index contributed by atoms with van der Waals surface area (Å²) in [6, 6.07) is 18.2. The molecule has 5 rings (SSSR count). The molecule has 1 aromatic heterocycles. The second-order valence-electron chi connectivity index (χ2n) is 10.1. The summed E-state index contributed by atoms with van der Waals surface area (Å²) in [5.74, 6) is 1.47. The molecule has 2 fully saturated rings. The Labute approximate surface area is 219 Å². The van der Waals surface area contributed by atoms with E-state index in [-0.39, 0.29) is 12.0 Å². The van der Waals surface area contributed by atoms with Gasteiger partial charge in [0, 0.05) is 63.5 Å². The van der Waals surface area contributed by atoms with Gasteiger partial charge in [-0.25, -0.2) is 0 Å². The summed E-state index contributed by atoms with van der Waals surface area (Å²) in [6.07, 6.45) is 4.23. The average Bonchev–Trinajstić information content (AvgIpc) is 2.95. The normalized spacial score (nSPS) is 18.9. The van der Waals surface area contributed by atoms with Crippen molar-refractivity contribution in [1.82, 2.24) is 10.2 Å². The monoisotopic (exact) mass is 503 g/mol. The number of aromatic nitrogens is 2. The van der Waals surface area contributed by atoms with Crippen molar-refractivity contribution in [3.63, 3.8) is 0 Å². The number of nitrogens with zero attached hydrogens (tertiary/aromatic N) is 4. The summed E-state index contributed by atoms with van der Waals surface area (Å²) in [5, 5.41) is 18.7. The van der Waals surface area contributed by atoms with Gasteiger partial charge in [0.1, 0.15) is 5.75 Å². The zero-order chi connectivity index (χ0) is 25.8. The maximum atomic E-state index is 10.3. The lowest BCUT2D eigenvalue weighted by Crippen LogP contribution is -2.39. The maximum absolute atomic E-state index is 10.3. The van der Waals surface area contributed by atoms with E-state index in [2.05, 4.69) is 44.3 Å². The lowest BCUT2D eigenvalue weighted by Gasteiger charge is -2.37. The molecule has 3 heterocycles. The molecule has 8 nitrogen and oxygen atoms in total. The molecule has 2 aliphatic rings. The lowest BCUT2D eigenvalue weighted by atomic mass is 9.90. The van der Waals surface area contributed by atoms with Gasteiger partial charge in [-0.15, -0.1) is 10.2 Å². The average molecular weight is 504 g/mol. The first-order valence-corrected chi connectivity index (χ1v) is 13.1. The highest BCUT2D eigenvalue weighted by Crippen LogP contribution is 2.36. The van der Waals surface area contributed by atoms with Gasteiger partial charge in [0.15, 0.2) is 12.1 Å². The van der Waals surface area contributed by atoms with Crippen LogP contribution in [-0.4, -0.2) is 62.0 Å². The van der Waals surface area contributed by atoms with Gasteiger partial charge in [-0.1, -0.05) is 24.3 Å². The lowest BCUT2D eigenvalue weighted by molar-refractivity contribution is -0.141. The van der Waals surface area contributed by atoms with Gasteiger partial charge in [0.2, 0.25) is 0 Å². The predicted molar refractivity (Wildman–Crippen MR) is 147 cm³/mol. The van der Waals surface area contributed by atoms with Gasteiger partial charge in [0.25, 0.3) is 0 Å². The van der Waals surface area contributed by atoms with Crippen molar-refractivity contribution in [2.45, 2.75) is 37.9 Å². The zero-order valence-corrected chi connectivity index (χ0v) is 21.7. The quantitative estimate of drug-likeness (QED) is 0.450. The van der Waals surface area contributed by atoms with E-state index >= 15 is 0 Å². The number of benzene rings is 2. The van der Waals surface area contributed by atoms with Crippen LogP contribution in [0.1, 0.15) is 37.2 Å². The molecule has 0 aliphatic carbocycles. The van der Waals surface area contributed by atoms with Crippen molar-refractivity contribution in [3.8, 4) is 17.0 Å². The number of aromatic hydroxyl groups is 1. The van der Waals surface area contributed by atoms with E-state index in [1.54, 1.807) is 26.4 Å². The fourth-order valence-corrected chi connectivity index (χ4v) is 5.80. The van der Waals surface area contributed by atoms with Crippen LogP contribution in [0.5, 0.6) is 5.75 Å². The van der Waals surface area contributed by atoms with Crippen LogP contribution in [-0.2, 0) is 9.47 Å². The van der Waals surface area contributed by atoms with Crippen LogP contribution in [0, 0.1) is 5.92 Å². The molecule has 2 aliphatic heterocycles. The molecule has 2 aromatic carbocycles. The third kappa shape index (κ3) is 5.50. The summed E-state index contributed by atoms with van der Waals surface area (Å²) >= 11 is 0. The van der Waals surface area contributed by atoms with E-state index in [0.29, 0.717) is 28.9 Å². The molecular formula is C29H37N5O3. The van der Waals surface area contributed by atoms with Crippen molar-refractivity contribution < 1.29 is 14.6 Å². The molecule has 3 aromatic rings. The molecule has 0 bridgehead atoms. The van der Waals surface area contributed by atoms with Gasteiger partial charge in [-0.05, 0) is 61.6 Å². The fraction of sp³-hybridized carbons (Fsp3) is 0.448. The summed E-state index contributed by atoms with van der Waals surface area (Å²) in [5.41, 5.74) is 11.1. The minimum absolute atomic E-state index is 0.113. The van der Waals surface area contributed by atoms with Gasteiger partial charge in [0.05, 0.1) is 11.4 Å². The molecule has 0 amide bonds. The second kappa shape index (κ2) is 11.4. The highest BCUT2D eigenvalue weighted by atomic mass is 16.7. The first-order valence-electron chi connectivity index (χ1n) is 13.1. The molecule has 2 saturated heterocycles. The Bertz CT molecular complexity index is 1180. The number of hydrogen-bond acceptors (Lipinski definition) is 8. The third-order valence-corrected chi connectivity index (χ3v) is 7.86. The Morgan fingerprint density at radius 2 is 1.65 bits per heavy atom. The minimum Gasteiger partial charge on any atom is -0.507 e. The van der Waals surface area contributed by atoms with Crippen LogP contribution >= 0.6 is 0 Å². The molecular weight excluding hydrogens is 466 g/mol. The van der Waals surface area contributed by atoms with E-state index in [0.717, 1.165) is 57.5 Å². The third-order valence-electron chi connectivity index (χ3n) is 7.86. The number of para-hydroxylation sites is 1. The summed E-state index contributed by atoms with van der Waals surface area (Å²) < 4.78 is 10.9. The maximum Gasteiger partial charge on any atom is 0.169 e. The molecule has 0 saturated carbocycles. The molecule has 196 valence electrons. The van der Waals surface area contributed by atoms with E-state index < -0.39 is 0 Å². The van der Waals surface area contributed by atoms with Gasteiger partial charge in [-0.2, -0.15) is 0 Å². The zero-order valence-electron chi connectivity index (χ0n) is 21.7. The summed E-state index contributed by atoms with van der Waals surface area (Å²) in [7, 11) is 3.44. The number of ether oxygens (including phenoxy) is 2. The van der Waals surface area contributed by atoms with Gasteiger partial charge >= 0.3 is 0 Å². The SMILES string of the molecule is COC(OC)C1CCN(c2ccc([C@H]3CCCN(c4cc(-c5ccccc5O)nnc4N)C3)cc2)CC1. The van der Waals surface area contributed by atoms with Crippen LogP contribution in [0.25, 0.3) is 11.3 Å². The first kappa shape index (κ1) is 25.3. The van der Waals surface area contributed by atoms with Crippen LogP contribution in [0.2, 0.25) is 0 Å². The molecule has 1 atom stereocenters. The molecule has 3 N–H and O–H groups in total. The molecule has 0 unspecified atom stereocenters. The largest absolute Gasteiger partial charge is 0.507 e. The highest BCUT2D eigenvalue weighted by molar-refractivity contribution is 5.74. The van der Waals surface area contributed by atoms with Crippen molar-refractivity contribution >= 4 is 17.2 Å². The summed E-state index contributed by atoms with van der Waals surface area (Å²) in [4.78, 5) is 4.77. The fourth-order valence-electron chi connectivity index (χ4n) is 5.80. The van der Waals surface area contributed by atoms with E-state index in [4.69, 9.17) is 15.2 Å². The topological polar surface area (TPSA) is 97.0 Å². The highest BCUT2D eigenvalue weighted by Gasteiger charge is 2.27. The number of anilines is 3. The number of piperidine rings is 2. The van der Waals surface area contributed by atoms with Crippen molar-refractivity contribution in [3.05, 3.63) is 60.2 Å². The van der Waals surface area contributed by atoms with Crippen molar-refractivity contribution in [2.75, 3.05) is 55.9 Å². The van der Waals surface area contributed by atoms with Crippen LogP contribution in [0.4, 0.5) is 17.2 Å². The van der Waals surface area contributed by atoms with Crippen LogP contribution in [0.3, 0.4) is 0 Å². The Morgan fingerprint density at radius 1 is 0.919 bits per heavy atom. The Hall–Kier alpha value is -3.36. The number of phenols is 1. The van der Waals surface area contributed by atoms with E-state index in [1.165, 1.54) is 11.3 Å². The van der Waals surface area contributed by atoms with E-state index in [9.17, 15) is 5.11 Å². The van der Waals surface area contributed by atoms with Crippen LogP contribution < -0.4 is 15.5 Å². The van der Waals surface area contributed by atoms with Crippen LogP contribution in [0.15, 0.2) is 54.6 Å². The molecule has 37 heavy (non-hydrogen) atoms. The second-order valence-corrected chi connectivity index (χ2v) is 10.1. The minimum atomic E-state index is -0.113.